The average Bonchev–Trinajstić information content (AvgIpc) is 3.43. The fraction of sp³-hybridized carbons (Fsp3) is 0.360. The summed E-state index contributed by atoms with van der Waals surface area (Å²) < 4.78 is 34.3. The number of urea groups is 1. The van der Waals surface area contributed by atoms with Gasteiger partial charge >= 0.3 is 6.03 Å². The largest absolute Gasteiger partial charge is 0.383 e. The molecule has 2 N–H and O–H groups in total. The second-order valence-electron chi connectivity index (χ2n) is 8.36. The van der Waals surface area contributed by atoms with E-state index in [0.717, 1.165) is 23.9 Å². The Bertz CT molecular complexity index is 1120. The quantitative estimate of drug-likeness (QED) is 0.524. The van der Waals surface area contributed by atoms with E-state index in [2.05, 4.69) is 20.6 Å². The van der Waals surface area contributed by atoms with Crippen molar-refractivity contribution in [3.63, 3.8) is 0 Å². The van der Waals surface area contributed by atoms with Gasteiger partial charge in [0.2, 0.25) is 0 Å². The van der Waals surface area contributed by atoms with Crippen LogP contribution < -0.4 is 10.6 Å². The first-order valence-electron chi connectivity index (χ1n) is 11.4. The number of para-hydroxylation sites is 1. The Balaban J connectivity index is 1.52. The normalized spacial score (nSPS) is 18.2. The number of likely N-dealkylation sites (tertiary alicyclic amines) is 1. The second-order valence-corrected chi connectivity index (χ2v) is 8.36. The van der Waals surface area contributed by atoms with Crippen molar-refractivity contribution in [1.82, 2.24) is 20.0 Å². The van der Waals surface area contributed by atoms with Crippen molar-refractivity contribution >= 4 is 11.8 Å². The second kappa shape index (κ2) is 10.8. The highest BCUT2D eigenvalue weighted by molar-refractivity contribution is 5.89. The number of aromatic nitrogens is 2. The number of ether oxygens (including phenoxy) is 1. The molecule has 0 spiro atoms. The van der Waals surface area contributed by atoms with E-state index in [1.165, 1.54) is 6.07 Å². The van der Waals surface area contributed by atoms with Crippen molar-refractivity contribution < 1.29 is 18.3 Å². The van der Waals surface area contributed by atoms with Gasteiger partial charge in [0.1, 0.15) is 5.82 Å². The van der Waals surface area contributed by atoms with Gasteiger partial charge in [-0.05, 0) is 36.2 Å². The van der Waals surface area contributed by atoms with Gasteiger partial charge in [-0.3, -0.25) is 10.2 Å². The summed E-state index contributed by atoms with van der Waals surface area (Å²) in [5, 5.41) is 10.5. The van der Waals surface area contributed by atoms with Crippen LogP contribution in [0.5, 0.6) is 0 Å². The van der Waals surface area contributed by atoms with E-state index in [1.807, 2.05) is 43.3 Å². The third kappa shape index (κ3) is 5.43. The molecule has 0 bridgehead atoms. The predicted molar refractivity (Wildman–Crippen MR) is 126 cm³/mol. The number of benzene rings is 2. The molecule has 0 aliphatic carbocycles. The number of halogens is 2. The van der Waals surface area contributed by atoms with Gasteiger partial charge in [0, 0.05) is 38.7 Å². The number of rotatable bonds is 8. The molecule has 0 unspecified atom stereocenters. The highest BCUT2D eigenvalue weighted by atomic mass is 19.2. The van der Waals surface area contributed by atoms with Gasteiger partial charge < -0.3 is 10.1 Å². The first-order chi connectivity index (χ1) is 16.5. The van der Waals surface area contributed by atoms with Crippen molar-refractivity contribution in [3.05, 3.63) is 77.5 Å². The van der Waals surface area contributed by atoms with Crippen LogP contribution in [0.15, 0.2) is 54.6 Å². The molecule has 0 saturated carbocycles. The van der Waals surface area contributed by atoms with Crippen LogP contribution in [0.1, 0.15) is 24.1 Å². The van der Waals surface area contributed by atoms with Gasteiger partial charge in [-0.1, -0.05) is 31.2 Å². The van der Waals surface area contributed by atoms with Gasteiger partial charge in [0.15, 0.2) is 11.6 Å². The zero-order chi connectivity index (χ0) is 24.1. The van der Waals surface area contributed by atoms with E-state index in [0.29, 0.717) is 37.6 Å². The molecule has 1 fully saturated rings. The molecule has 7 nitrogen and oxygen atoms in total. The molecule has 1 aliphatic rings. The van der Waals surface area contributed by atoms with Crippen molar-refractivity contribution in [1.29, 1.82) is 0 Å². The van der Waals surface area contributed by atoms with Crippen LogP contribution >= 0.6 is 0 Å². The minimum absolute atomic E-state index is 0.192. The molecular weight excluding hydrogens is 440 g/mol. The molecule has 4 rings (SSSR count). The SMILES string of the molecule is CCc1cc(NC(=O)N[C@@H]2CN(CCOC)C[C@H]2c2ccc(F)c(F)c2)n(-c2ccccc2)n1. The van der Waals surface area contributed by atoms with E-state index in [4.69, 9.17) is 4.74 Å². The van der Waals surface area contributed by atoms with Crippen molar-refractivity contribution in [2.24, 2.45) is 0 Å². The number of carbonyl (C=O) groups excluding carboxylic acids is 1. The zero-order valence-corrected chi connectivity index (χ0v) is 19.3. The molecule has 2 aromatic carbocycles. The van der Waals surface area contributed by atoms with Crippen molar-refractivity contribution in [2.75, 3.05) is 38.7 Å². The lowest BCUT2D eigenvalue weighted by Crippen LogP contribution is -2.42. The monoisotopic (exact) mass is 469 g/mol. The molecule has 180 valence electrons. The summed E-state index contributed by atoms with van der Waals surface area (Å²) in [5.41, 5.74) is 2.33. The maximum atomic E-state index is 13.9. The first-order valence-corrected chi connectivity index (χ1v) is 11.4. The minimum Gasteiger partial charge on any atom is -0.383 e. The molecule has 2 atom stereocenters. The molecule has 0 radical (unpaired) electrons. The molecular formula is C25H29F2N5O2. The number of amides is 2. The number of aryl methyl sites for hydroxylation is 1. The number of hydrogen-bond donors (Lipinski definition) is 2. The molecule has 2 amide bonds. The molecule has 1 saturated heterocycles. The van der Waals surface area contributed by atoms with Gasteiger partial charge in [0.05, 0.1) is 24.0 Å². The van der Waals surface area contributed by atoms with Crippen LogP contribution in [-0.2, 0) is 11.2 Å². The first kappa shape index (κ1) is 23.8. The van der Waals surface area contributed by atoms with Crippen LogP contribution in [0.2, 0.25) is 0 Å². The van der Waals surface area contributed by atoms with Crippen LogP contribution in [-0.4, -0.2) is 60.1 Å². The van der Waals surface area contributed by atoms with Crippen LogP contribution in [0.3, 0.4) is 0 Å². The third-order valence-electron chi connectivity index (χ3n) is 6.06. The summed E-state index contributed by atoms with van der Waals surface area (Å²) in [6.07, 6.45) is 0.728. The van der Waals surface area contributed by atoms with E-state index in [-0.39, 0.29) is 18.0 Å². The lowest BCUT2D eigenvalue weighted by molar-refractivity contribution is 0.159. The Morgan fingerprint density at radius 3 is 2.62 bits per heavy atom. The fourth-order valence-electron chi connectivity index (χ4n) is 4.29. The summed E-state index contributed by atoms with van der Waals surface area (Å²) in [6.45, 7) is 4.39. The van der Waals surface area contributed by atoms with E-state index in [1.54, 1.807) is 17.9 Å². The van der Waals surface area contributed by atoms with E-state index < -0.39 is 11.6 Å². The number of hydrogen-bond acceptors (Lipinski definition) is 4. The number of nitrogens with one attached hydrogen (secondary N) is 2. The number of carbonyl (C=O) groups is 1. The van der Waals surface area contributed by atoms with Crippen LogP contribution in [0.25, 0.3) is 5.69 Å². The lowest BCUT2D eigenvalue weighted by atomic mass is 9.94. The number of methoxy groups -OCH3 is 1. The molecule has 3 aromatic rings. The van der Waals surface area contributed by atoms with Crippen LogP contribution in [0, 0.1) is 11.6 Å². The van der Waals surface area contributed by atoms with E-state index >= 15 is 0 Å². The molecule has 34 heavy (non-hydrogen) atoms. The lowest BCUT2D eigenvalue weighted by Gasteiger charge is -2.21. The topological polar surface area (TPSA) is 71.4 Å². The zero-order valence-electron chi connectivity index (χ0n) is 19.3. The molecule has 1 aromatic heterocycles. The Morgan fingerprint density at radius 1 is 1.12 bits per heavy atom. The summed E-state index contributed by atoms with van der Waals surface area (Å²) in [5.74, 6) is -1.42. The smallest absolute Gasteiger partial charge is 0.320 e. The van der Waals surface area contributed by atoms with Gasteiger partial charge in [-0.25, -0.2) is 18.3 Å². The third-order valence-corrected chi connectivity index (χ3v) is 6.06. The van der Waals surface area contributed by atoms with Crippen molar-refractivity contribution in [3.8, 4) is 5.69 Å². The van der Waals surface area contributed by atoms with Gasteiger partial charge in [-0.15, -0.1) is 0 Å². The number of anilines is 1. The number of nitrogens with zero attached hydrogens (tertiary/aromatic N) is 3. The Morgan fingerprint density at radius 2 is 1.91 bits per heavy atom. The maximum absolute atomic E-state index is 13.9. The predicted octanol–water partition coefficient (Wildman–Crippen LogP) is 3.95. The average molecular weight is 470 g/mol. The fourth-order valence-corrected chi connectivity index (χ4v) is 4.29. The highest BCUT2D eigenvalue weighted by Gasteiger charge is 2.35. The molecule has 9 heteroatoms. The Kier molecular flexibility index (Phi) is 7.54. The summed E-state index contributed by atoms with van der Waals surface area (Å²) >= 11 is 0. The highest BCUT2D eigenvalue weighted by Crippen LogP contribution is 2.29. The van der Waals surface area contributed by atoms with Crippen LogP contribution in [0.4, 0.5) is 19.4 Å². The summed E-state index contributed by atoms with van der Waals surface area (Å²) in [7, 11) is 1.63. The standard InChI is InChI=1S/C25H29F2N5O2/c1-3-18-14-24(32(30-18)19-7-5-4-6-8-19)29-25(33)28-23-16-31(11-12-34-2)15-20(23)17-9-10-21(26)22(27)13-17/h4-10,13-14,20,23H,3,11-12,15-16H2,1-2H3,(H2,28,29,33)/t20-,23+/m0/s1. The summed E-state index contributed by atoms with van der Waals surface area (Å²) in [4.78, 5) is 15.2. The summed E-state index contributed by atoms with van der Waals surface area (Å²) in [6, 6.07) is 14.7. The maximum Gasteiger partial charge on any atom is 0.320 e. The minimum atomic E-state index is -0.894. The Labute approximate surface area is 197 Å². The van der Waals surface area contributed by atoms with Gasteiger partial charge in [-0.2, -0.15) is 5.10 Å². The van der Waals surface area contributed by atoms with Gasteiger partial charge in [0.25, 0.3) is 0 Å². The Hall–Kier alpha value is -3.30. The van der Waals surface area contributed by atoms with Crippen molar-refractivity contribution in [2.45, 2.75) is 25.3 Å². The molecule has 1 aliphatic heterocycles. The molecule has 2 heterocycles. The van der Waals surface area contributed by atoms with E-state index in [9.17, 15) is 13.6 Å².